The molecule has 1 N–H and O–H groups in total. The number of benzene rings is 1. The van der Waals surface area contributed by atoms with Gasteiger partial charge in [-0.1, -0.05) is 6.07 Å². The summed E-state index contributed by atoms with van der Waals surface area (Å²) >= 11 is 0. The molecule has 0 radical (unpaired) electrons. The van der Waals surface area contributed by atoms with Crippen molar-refractivity contribution in [1.82, 2.24) is 14.8 Å². The monoisotopic (exact) mass is 564 g/mol. The minimum Gasteiger partial charge on any atom is -0.352 e. The lowest BCUT2D eigenvalue weighted by Gasteiger charge is -2.22. The highest BCUT2D eigenvalue weighted by Gasteiger charge is 2.60. The van der Waals surface area contributed by atoms with Crippen molar-refractivity contribution in [3.8, 4) is 11.1 Å². The van der Waals surface area contributed by atoms with Gasteiger partial charge >= 0.3 is 0 Å². The summed E-state index contributed by atoms with van der Waals surface area (Å²) < 4.78 is 81.4. The van der Waals surface area contributed by atoms with Crippen LogP contribution in [0.3, 0.4) is 0 Å². The van der Waals surface area contributed by atoms with Crippen LogP contribution in [0.5, 0.6) is 0 Å². The summed E-state index contributed by atoms with van der Waals surface area (Å²) in [5.41, 5.74) is 2.14. The number of sulfonamides is 1. The van der Waals surface area contributed by atoms with Crippen molar-refractivity contribution in [2.24, 2.45) is 18.0 Å². The summed E-state index contributed by atoms with van der Waals surface area (Å²) in [7, 11) is -0.604. The summed E-state index contributed by atoms with van der Waals surface area (Å²) in [6, 6.07) is 6.38. The van der Waals surface area contributed by atoms with Crippen molar-refractivity contribution in [2.45, 2.75) is 31.6 Å². The molecule has 2 aliphatic rings. The molecule has 1 aromatic carbocycles. The van der Waals surface area contributed by atoms with Gasteiger partial charge in [-0.2, -0.15) is 5.10 Å². The van der Waals surface area contributed by atoms with E-state index in [-0.39, 0.29) is 34.9 Å². The molecular formula is C25H24F4N6O3S. The van der Waals surface area contributed by atoms with Crippen LogP contribution >= 0.6 is 0 Å². The van der Waals surface area contributed by atoms with Gasteiger partial charge in [0.15, 0.2) is 0 Å². The Labute approximate surface area is 221 Å². The second-order valence-corrected chi connectivity index (χ2v) is 11.7. The molecule has 0 saturated heterocycles. The number of hydrogen-bond donors (Lipinski definition) is 1. The lowest BCUT2D eigenvalue weighted by atomic mass is 10.1. The molecule has 3 heterocycles. The van der Waals surface area contributed by atoms with Gasteiger partial charge in [0.25, 0.3) is 12.3 Å². The number of carbonyl (C=O) groups is 1. The lowest BCUT2D eigenvalue weighted by Crippen LogP contribution is -2.25. The fourth-order valence-electron chi connectivity index (χ4n) is 4.40. The smallest absolute Gasteiger partial charge is 0.277 e. The van der Waals surface area contributed by atoms with Crippen molar-refractivity contribution in [1.29, 1.82) is 0 Å². The van der Waals surface area contributed by atoms with E-state index in [0.29, 0.717) is 11.3 Å². The summed E-state index contributed by atoms with van der Waals surface area (Å²) in [6.45, 7) is 0. The van der Waals surface area contributed by atoms with Crippen molar-refractivity contribution < 1.29 is 30.8 Å². The molecule has 9 nitrogen and oxygen atoms in total. The molecule has 2 aromatic heterocycles. The number of hydrogen-bond acceptors (Lipinski definition) is 7. The molecule has 1 aliphatic carbocycles. The highest BCUT2D eigenvalue weighted by Crippen LogP contribution is 2.49. The van der Waals surface area contributed by atoms with E-state index in [1.54, 1.807) is 42.3 Å². The Kier molecular flexibility index (Phi) is 6.48. The first kappa shape index (κ1) is 26.8. The molecule has 0 amide bonds. The molecule has 5 rings (SSSR count). The van der Waals surface area contributed by atoms with E-state index >= 15 is 0 Å². The number of alkyl halides is 4. The van der Waals surface area contributed by atoms with Crippen LogP contribution in [0.1, 0.15) is 17.8 Å². The Balaban J connectivity index is 1.56. The standard InChI is InChI=1S/C25H24F4N6O3S/c1-34-12-14(11-30-34)13-4-5-17(21(6-13)35(2)39(3,37)38)32-18-7-15(8-22(36)16-10-25(16,28)29)31-19-9-20(24(26)27)33-23(18)19/h4-7,11-12,16,24H,8-10H2,1-3H3,(H,31,32)/t16-/m1/s1. The van der Waals surface area contributed by atoms with E-state index < -0.39 is 52.6 Å². The van der Waals surface area contributed by atoms with E-state index in [2.05, 4.69) is 20.4 Å². The summed E-state index contributed by atoms with van der Waals surface area (Å²) in [6.07, 6.45) is 0.389. The van der Waals surface area contributed by atoms with E-state index in [1.807, 2.05) is 0 Å². The zero-order valence-corrected chi connectivity index (χ0v) is 21.9. The molecule has 0 unspecified atom stereocenters. The number of anilines is 3. The number of aryl methyl sites for hydroxylation is 1. The topological polar surface area (TPSA) is 110 Å². The zero-order chi connectivity index (χ0) is 28.3. The van der Waals surface area contributed by atoms with Crippen molar-refractivity contribution in [2.75, 3.05) is 22.9 Å². The van der Waals surface area contributed by atoms with Crippen molar-refractivity contribution >= 4 is 44.3 Å². The van der Waals surface area contributed by atoms with Crippen LogP contribution in [0.4, 0.5) is 40.3 Å². The van der Waals surface area contributed by atoms with Crippen molar-refractivity contribution in [3.63, 3.8) is 0 Å². The van der Waals surface area contributed by atoms with Gasteiger partial charge in [0.1, 0.15) is 11.5 Å². The number of rotatable bonds is 9. The zero-order valence-electron chi connectivity index (χ0n) is 21.1. The molecule has 0 bridgehead atoms. The number of nitrogens with zero attached hydrogens (tertiary/aromatic N) is 5. The molecule has 1 atom stereocenters. The minimum atomic E-state index is -3.72. The Bertz CT molecular complexity index is 1620. The van der Waals surface area contributed by atoms with Gasteiger partial charge in [0.05, 0.1) is 52.5 Å². The maximum Gasteiger partial charge on any atom is 0.277 e. The molecule has 14 heteroatoms. The highest BCUT2D eigenvalue weighted by atomic mass is 32.2. The first-order valence-corrected chi connectivity index (χ1v) is 13.7. The average Bonchev–Trinajstić information content (AvgIpc) is 3.16. The number of fused-ring (bicyclic) bond motifs is 1. The number of aromatic nitrogens is 3. The summed E-state index contributed by atoms with van der Waals surface area (Å²) in [5.74, 6) is -5.11. The van der Waals surface area contributed by atoms with Crippen LogP contribution < -0.4 is 9.62 Å². The maximum atomic E-state index is 13.5. The Hall–Kier alpha value is -3.81. The quantitative estimate of drug-likeness (QED) is 0.389. The van der Waals surface area contributed by atoms with Gasteiger partial charge < -0.3 is 5.32 Å². The predicted molar refractivity (Wildman–Crippen MR) is 138 cm³/mol. The van der Waals surface area contributed by atoms with Crippen LogP contribution in [0.25, 0.3) is 11.1 Å². The first-order chi connectivity index (χ1) is 18.2. The second-order valence-electron chi connectivity index (χ2n) is 9.69. The molecule has 206 valence electrons. The normalized spacial score (nSPS) is 17.6. The number of carbonyl (C=O) groups excluding carboxylic acids is 1. The molecule has 1 saturated carbocycles. The number of ketones is 1. The van der Waals surface area contributed by atoms with Crippen molar-refractivity contribution in [3.05, 3.63) is 48.0 Å². The SMILES string of the molecule is CN(c1cc(-c2cnn(C)c2)ccc1Nc1cc(CC(=O)[C@H]2CC2(F)F)nc2c1N=C(C(F)F)C2)S(C)(=O)=O. The molecule has 3 aromatic rings. The third-order valence-corrected chi connectivity index (χ3v) is 7.88. The molecular weight excluding hydrogens is 540 g/mol. The fourth-order valence-corrected chi connectivity index (χ4v) is 4.91. The highest BCUT2D eigenvalue weighted by molar-refractivity contribution is 7.92. The second kappa shape index (κ2) is 9.43. The largest absolute Gasteiger partial charge is 0.352 e. The number of halogens is 4. The van der Waals surface area contributed by atoms with Gasteiger partial charge in [-0.3, -0.25) is 18.8 Å². The number of Topliss-reactive ketones (excluding diaryl/α,β-unsaturated/α-hetero) is 1. The van der Waals surface area contributed by atoms with Gasteiger partial charge in [0, 0.05) is 45.1 Å². The van der Waals surface area contributed by atoms with Crippen LogP contribution in [-0.4, -0.2) is 60.3 Å². The number of pyridine rings is 1. The fraction of sp³-hybridized carbons (Fsp3) is 0.360. The number of nitrogens with one attached hydrogen (secondary N) is 1. The minimum absolute atomic E-state index is 0.113. The number of aliphatic imine (C=N–C) groups is 1. The summed E-state index contributed by atoms with van der Waals surface area (Å²) in [4.78, 5) is 20.7. The van der Waals surface area contributed by atoms with E-state index in [4.69, 9.17) is 0 Å². The lowest BCUT2D eigenvalue weighted by molar-refractivity contribution is -0.121. The van der Waals surface area contributed by atoms with Crippen LogP contribution in [0.2, 0.25) is 0 Å². The van der Waals surface area contributed by atoms with E-state index in [0.717, 1.165) is 16.1 Å². The van der Waals surface area contributed by atoms with Crippen LogP contribution in [-0.2, 0) is 34.7 Å². The van der Waals surface area contributed by atoms with Gasteiger partial charge in [-0.05, 0) is 23.8 Å². The molecule has 0 spiro atoms. The van der Waals surface area contributed by atoms with Gasteiger partial charge in [-0.15, -0.1) is 0 Å². The third kappa shape index (κ3) is 5.37. The Morgan fingerprint density at radius 3 is 2.54 bits per heavy atom. The molecule has 39 heavy (non-hydrogen) atoms. The van der Waals surface area contributed by atoms with Gasteiger partial charge in [0.2, 0.25) is 10.0 Å². The Morgan fingerprint density at radius 1 is 1.23 bits per heavy atom. The third-order valence-electron chi connectivity index (χ3n) is 6.69. The first-order valence-electron chi connectivity index (χ1n) is 11.9. The van der Waals surface area contributed by atoms with E-state index in [9.17, 15) is 30.8 Å². The van der Waals surface area contributed by atoms with E-state index in [1.165, 1.54) is 13.1 Å². The summed E-state index contributed by atoms with van der Waals surface area (Å²) in [5, 5.41) is 7.20. The molecule has 1 aliphatic heterocycles. The maximum absolute atomic E-state index is 13.5. The van der Waals surface area contributed by atoms with Crippen LogP contribution in [0.15, 0.2) is 41.7 Å². The van der Waals surface area contributed by atoms with Gasteiger partial charge in [-0.25, -0.2) is 31.0 Å². The predicted octanol–water partition coefficient (Wildman–Crippen LogP) is 4.28. The average molecular weight is 565 g/mol. The Morgan fingerprint density at radius 2 is 1.95 bits per heavy atom. The molecule has 1 fully saturated rings. The van der Waals surface area contributed by atoms with Crippen LogP contribution in [0, 0.1) is 5.92 Å².